The molecule has 7 rings (SSSR count). The summed E-state index contributed by atoms with van der Waals surface area (Å²) >= 11 is 0. The van der Waals surface area contributed by atoms with Gasteiger partial charge in [-0.15, -0.1) is 5.10 Å². The summed E-state index contributed by atoms with van der Waals surface area (Å²) in [6.07, 6.45) is 7.12. The minimum atomic E-state index is -0.575. The lowest BCUT2D eigenvalue weighted by atomic mass is 9.99. The Morgan fingerprint density at radius 1 is 1.07 bits per heavy atom. The number of nitrogens with one attached hydrogen (secondary N) is 1. The number of hydrogen-bond acceptors (Lipinski definition) is 6. The molecule has 5 heterocycles. The van der Waals surface area contributed by atoms with Gasteiger partial charge in [0.05, 0.1) is 22.6 Å². The van der Waals surface area contributed by atoms with E-state index in [-0.39, 0.29) is 22.7 Å². The van der Waals surface area contributed by atoms with Crippen LogP contribution in [0.4, 0.5) is 5.82 Å². The molecule has 1 unspecified atom stereocenters. The van der Waals surface area contributed by atoms with Crippen molar-refractivity contribution < 1.29 is 9.59 Å². The number of para-hydroxylation sites is 1. The fourth-order valence-corrected chi connectivity index (χ4v) is 5.90. The summed E-state index contributed by atoms with van der Waals surface area (Å²) in [7, 11) is 0. The maximum absolute atomic E-state index is 14.3. The number of aromatic nitrogens is 5. The van der Waals surface area contributed by atoms with Gasteiger partial charge in [-0.25, -0.2) is 9.50 Å². The largest absolute Gasteiger partial charge is 0.381 e. The predicted molar refractivity (Wildman–Crippen MR) is 162 cm³/mol. The third-order valence-electron chi connectivity index (χ3n) is 7.95. The molecule has 4 aromatic heterocycles. The second kappa shape index (κ2) is 10.3. The highest BCUT2D eigenvalue weighted by atomic mass is 16.2. The zero-order valence-electron chi connectivity index (χ0n) is 23.4. The smallest absolute Gasteiger partial charge is 0.264 e. The van der Waals surface area contributed by atoms with Crippen LogP contribution in [0.3, 0.4) is 0 Å². The van der Waals surface area contributed by atoms with Crippen LogP contribution in [0.5, 0.6) is 0 Å². The normalized spacial score (nSPS) is 14.4. The highest BCUT2D eigenvalue weighted by Gasteiger charge is 2.24. The number of carbonyl (C=O) groups excluding carboxylic acids is 2. The molecule has 1 aliphatic heterocycles. The number of ketones is 1. The molecule has 10 heteroatoms. The molecule has 1 aliphatic carbocycles. The van der Waals surface area contributed by atoms with Crippen LogP contribution in [0.2, 0.25) is 0 Å². The molecular weight excluding hydrogens is 542 g/mol. The first-order chi connectivity index (χ1) is 20.9. The molecule has 0 saturated heterocycles. The van der Waals surface area contributed by atoms with Crippen molar-refractivity contribution in [1.29, 1.82) is 0 Å². The van der Waals surface area contributed by atoms with Crippen LogP contribution < -0.4 is 27.0 Å². The number of Topliss-reactive ketones (excluding diaryl/α,β-unsaturated/α-hetero) is 1. The number of benzene rings is 1. The number of fused-ring (bicyclic) bond motifs is 3. The van der Waals surface area contributed by atoms with Gasteiger partial charge in [0.2, 0.25) is 0 Å². The first-order valence-electron chi connectivity index (χ1n) is 14.1. The topological polar surface area (TPSA) is 129 Å². The number of nitrogens with two attached hydrogens (primary N) is 1. The second-order valence-corrected chi connectivity index (χ2v) is 10.6. The summed E-state index contributed by atoms with van der Waals surface area (Å²) in [5.41, 5.74) is 9.88. The van der Waals surface area contributed by atoms with Gasteiger partial charge >= 0.3 is 0 Å². The molecule has 1 aromatic carbocycles. The van der Waals surface area contributed by atoms with E-state index in [4.69, 9.17) is 5.73 Å². The molecule has 10 nitrogen and oxygen atoms in total. The van der Waals surface area contributed by atoms with E-state index in [1.54, 1.807) is 23.0 Å². The van der Waals surface area contributed by atoms with Crippen molar-refractivity contribution in [2.24, 2.45) is 0 Å². The molecule has 2 aliphatic rings. The van der Waals surface area contributed by atoms with Crippen LogP contribution in [-0.2, 0) is 6.54 Å². The number of anilines is 1. The lowest BCUT2D eigenvalue weighted by Crippen LogP contribution is -2.49. The van der Waals surface area contributed by atoms with Crippen molar-refractivity contribution in [1.82, 2.24) is 29.0 Å². The Balaban J connectivity index is 1.35. The zero-order valence-corrected chi connectivity index (χ0v) is 23.4. The molecule has 5 aromatic rings. The Kier molecular flexibility index (Phi) is 6.28. The Hall–Kier alpha value is -5.69. The fourth-order valence-electron chi connectivity index (χ4n) is 5.90. The van der Waals surface area contributed by atoms with Crippen molar-refractivity contribution in [2.45, 2.75) is 38.8 Å². The molecule has 3 N–H and O–H groups in total. The van der Waals surface area contributed by atoms with E-state index in [0.717, 1.165) is 22.9 Å². The molecule has 0 fully saturated rings. The molecule has 43 heavy (non-hydrogen) atoms. The number of hydrogen-bond donors (Lipinski definition) is 2. The summed E-state index contributed by atoms with van der Waals surface area (Å²) in [5.74, 6) is 6.24. The third-order valence-corrected chi connectivity index (χ3v) is 7.95. The van der Waals surface area contributed by atoms with E-state index >= 15 is 0 Å². The molecule has 0 saturated carbocycles. The lowest BCUT2D eigenvalue weighted by molar-refractivity contribution is 0.0939. The molecule has 1 amide bonds. The number of nitrogen functional groups attached to an aromatic ring is 1. The fraction of sp³-hybridized carbons (Fsp3) is 0.182. The van der Waals surface area contributed by atoms with Gasteiger partial charge in [-0.05, 0) is 67.3 Å². The van der Waals surface area contributed by atoms with Crippen LogP contribution >= 0.6 is 0 Å². The van der Waals surface area contributed by atoms with E-state index in [9.17, 15) is 14.4 Å². The van der Waals surface area contributed by atoms with E-state index in [2.05, 4.69) is 27.2 Å². The van der Waals surface area contributed by atoms with E-state index < -0.39 is 11.9 Å². The Bertz CT molecular complexity index is 2210. The van der Waals surface area contributed by atoms with Crippen LogP contribution in [-0.4, -0.2) is 35.4 Å². The van der Waals surface area contributed by atoms with Gasteiger partial charge in [0.15, 0.2) is 17.2 Å². The summed E-state index contributed by atoms with van der Waals surface area (Å²) in [5, 5.41) is 8.52. The van der Waals surface area contributed by atoms with Crippen molar-refractivity contribution in [3.05, 3.63) is 110 Å². The highest BCUT2D eigenvalue weighted by molar-refractivity contribution is 6.04. The second-order valence-electron chi connectivity index (χ2n) is 10.6. The van der Waals surface area contributed by atoms with Gasteiger partial charge in [0.1, 0.15) is 5.56 Å². The van der Waals surface area contributed by atoms with Gasteiger partial charge in [0.25, 0.3) is 11.5 Å². The van der Waals surface area contributed by atoms with Crippen LogP contribution in [0.1, 0.15) is 64.5 Å². The van der Waals surface area contributed by atoms with Gasteiger partial charge in [-0.3, -0.25) is 19.0 Å². The molecular formula is C33H27N7O3. The maximum Gasteiger partial charge on any atom is 0.264 e. The van der Waals surface area contributed by atoms with Crippen molar-refractivity contribution >= 4 is 34.8 Å². The Labute approximate surface area is 245 Å². The van der Waals surface area contributed by atoms with Gasteiger partial charge in [-0.2, -0.15) is 0 Å². The van der Waals surface area contributed by atoms with Crippen LogP contribution in [0, 0.1) is 11.8 Å². The van der Waals surface area contributed by atoms with E-state index in [1.165, 1.54) is 4.52 Å². The van der Waals surface area contributed by atoms with Crippen molar-refractivity contribution in [2.75, 3.05) is 5.73 Å². The van der Waals surface area contributed by atoms with Crippen LogP contribution in [0.15, 0.2) is 71.8 Å². The number of rotatable bonds is 4. The number of nitrogens with zero attached hydrogens (tertiary/aromatic N) is 5. The summed E-state index contributed by atoms with van der Waals surface area (Å²) in [6, 6.07) is 16.1. The first kappa shape index (κ1) is 26.2. The van der Waals surface area contributed by atoms with E-state index in [1.807, 2.05) is 66.1 Å². The Morgan fingerprint density at radius 3 is 2.74 bits per heavy atom. The van der Waals surface area contributed by atoms with Gasteiger partial charge < -0.3 is 15.6 Å². The number of pyridine rings is 1. The van der Waals surface area contributed by atoms with E-state index in [0.29, 0.717) is 47.3 Å². The average Bonchev–Trinajstić information content (AvgIpc) is 3.69. The minimum Gasteiger partial charge on any atom is -0.381 e. The summed E-state index contributed by atoms with van der Waals surface area (Å²) < 4.78 is 5.03. The van der Waals surface area contributed by atoms with Crippen molar-refractivity contribution in [3.63, 3.8) is 0 Å². The predicted octanol–water partition coefficient (Wildman–Crippen LogP) is 2.12. The quantitative estimate of drug-likeness (QED) is 0.319. The molecule has 1 atom stereocenters. The first-order valence-corrected chi connectivity index (χ1v) is 14.1. The maximum atomic E-state index is 14.3. The number of carbonyl (C=O) groups is 2. The average molecular weight is 570 g/mol. The minimum absolute atomic E-state index is 0.0680. The number of amides is 1. The highest BCUT2D eigenvalue weighted by Crippen LogP contribution is 2.21. The Morgan fingerprint density at radius 2 is 1.91 bits per heavy atom. The van der Waals surface area contributed by atoms with Gasteiger partial charge in [-0.1, -0.05) is 30.2 Å². The van der Waals surface area contributed by atoms with Gasteiger partial charge in [0, 0.05) is 42.3 Å². The summed E-state index contributed by atoms with van der Waals surface area (Å²) in [4.78, 5) is 44.2. The lowest BCUT2D eigenvalue weighted by Gasteiger charge is -2.21. The molecule has 212 valence electrons. The van der Waals surface area contributed by atoms with Crippen LogP contribution in [0.25, 0.3) is 23.0 Å². The summed E-state index contributed by atoms with van der Waals surface area (Å²) in [6.45, 7) is 2.45. The standard InChI is InChI=1S/C33H27N7O3/c1-20(36-32(42)29-30(34)37-39-17-6-16-35-31(29)39)26-19-22-8-5-7-21(11-12-23-13-14-25-27(41)15-18-38(23)25)28(22)33(43)40(26)24-9-3-2-4-10-24/h2-4,6,8-10,13-14,16-17,19-20H,5,7,15,18H2,1H3,(H2,34,37)(H,36,42). The zero-order chi connectivity index (χ0) is 29.7. The molecule has 0 spiro atoms. The SMILES string of the molecule is CC(NC(=O)c1c(N)nn2cccnc12)c1cc2c(c(=O)n1-c1ccccc1)=C(C#Cc1ccc3n1CCC3=O)CCC=2. The monoisotopic (exact) mass is 569 g/mol. The van der Waals surface area contributed by atoms with Crippen molar-refractivity contribution in [3.8, 4) is 17.5 Å². The molecule has 0 radical (unpaired) electrons. The third kappa shape index (κ3) is 4.42. The molecule has 0 bridgehead atoms.